The van der Waals surface area contributed by atoms with Crippen molar-refractivity contribution < 1.29 is 14.3 Å². The molecule has 1 aliphatic heterocycles. The number of nitrogens with zero attached hydrogens (tertiary/aromatic N) is 1. The van der Waals surface area contributed by atoms with Crippen LogP contribution in [-0.4, -0.2) is 22.9 Å². The maximum Gasteiger partial charge on any atom is 0.269 e. The van der Waals surface area contributed by atoms with Crippen LogP contribution in [-0.2, 0) is 0 Å². The zero-order valence-electron chi connectivity index (χ0n) is 13.7. The van der Waals surface area contributed by atoms with Crippen molar-refractivity contribution in [2.24, 2.45) is 0 Å². The van der Waals surface area contributed by atoms with Gasteiger partial charge in [-0.05, 0) is 30.7 Å². The van der Waals surface area contributed by atoms with Crippen LogP contribution in [0.5, 0.6) is 11.5 Å². The van der Waals surface area contributed by atoms with E-state index in [-0.39, 0.29) is 18.7 Å². The first kappa shape index (κ1) is 15.3. The van der Waals surface area contributed by atoms with Gasteiger partial charge < -0.3 is 14.8 Å². The molecule has 2 aromatic carbocycles. The lowest BCUT2D eigenvalue weighted by atomic mass is 10.1. The molecule has 1 atom stereocenters. The Morgan fingerprint density at radius 3 is 2.76 bits per heavy atom. The normalized spacial score (nSPS) is 13.5. The Balaban J connectivity index is 1.47. The summed E-state index contributed by atoms with van der Waals surface area (Å²) in [5, 5.41) is 9.97. The van der Waals surface area contributed by atoms with Gasteiger partial charge in [-0.2, -0.15) is 5.10 Å². The van der Waals surface area contributed by atoms with Crippen LogP contribution < -0.4 is 14.8 Å². The lowest BCUT2D eigenvalue weighted by Crippen LogP contribution is -2.26. The second-order valence-electron chi connectivity index (χ2n) is 5.84. The highest BCUT2D eigenvalue weighted by molar-refractivity contribution is 5.93. The third-order valence-corrected chi connectivity index (χ3v) is 4.14. The van der Waals surface area contributed by atoms with Gasteiger partial charge in [0.15, 0.2) is 11.5 Å². The molecule has 6 heteroatoms. The monoisotopic (exact) mass is 335 g/mol. The average Bonchev–Trinajstić information content (AvgIpc) is 3.31. The van der Waals surface area contributed by atoms with Gasteiger partial charge in [0.2, 0.25) is 6.79 Å². The number of hydrogen-bond acceptors (Lipinski definition) is 4. The summed E-state index contributed by atoms with van der Waals surface area (Å²) in [5.74, 6) is 1.22. The molecule has 0 saturated heterocycles. The molecule has 2 N–H and O–H groups in total. The molecule has 0 saturated carbocycles. The third kappa shape index (κ3) is 3.06. The minimum absolute atomic E-state index is 0.175. The maximum absolute atomic E-state index is 12.5. The van der Waals surface area contributed by atoms with E-state index in [1.165, 1.54) is 0 Å². The van der Waals surface area contributed by atoms with Gasteiger partial charge in [0, 0.05) is 5.56 Å². The van der Waals surface area contributed by atoms with E-state index in [9.17, 15) is 4.79 Å². The maximum atomic E-state index is 12.5. The Bertz CT molecular complexity index is 905. The molecular weight excluding hydrogens is 318 g/mol. The number of ether oxygens (including phenoxy) is 2. The number of amides is 1. The molecule has 1 aromatic heterocycles. The molecule has 2 heterocycles. The summed E-state index contributed by atoms with van der Waals surface area (Å²) in [7, 11) is 0. The zero-order valence-corrected chi connectivity index (χ0v) is 13.7. The molecule has 6 nitrogen and oxygen atoms in total. The first-order chi connectivity index (χ1) is 12.2. The quantitative estimate of drug-likeness (QED) is 0.767. The Labute approximate surface area is 144 Å². The number of nitrogens with one attached hydrogen (secondary N) is 2. The summed E-state index contributed by atoms with van der Waals surface area (Å²) < 4.78 is 10.7. The summed E-state index contributed by atoms with van der Waals surface area (Å²) in [6.45, 7) is 2.15. The number of carbonyl (C=O) groups excluding carboxylic acids is 1. The van der Waals surface area contributed by atoms with Gasteiger partial charge in [-0.3, -0.25) is 9.89 Å². The first-order valence-corrected chi connectivity index (χ1v) is 8.02. The lowest BCUT2D eigenvalue weighted by molar-refractivity contribution is 0.0934. The predicted molar refractivity (Wildman–Crippen MR) is 92.5 cm³/mol. The molecular formula is C19H17N3O3. The highest BCUT2D eigenvalue weighted by atomic mass is 16.7. The van der Waals surface area contributed by atoms with Crippen LogP contribution in [0.2, 0.25) is 0 Å². The molecule has 0 bridgehead atoms. The molecule has 0 spiro atoms. The van der Waals surface area contributed by atoms with E-state index in [0.717, 1.165) is 22.6 Å². The number of aromatic amines is 1. The van der Waals surface area contributed by atoms with Crippen molar-refractivity contribution >= 4 is 5.91 Å². The fourth-order valence-electron chi connectivity index (χ4n) is 2.74. The van der Waals surface area contributed by atoms with Gasteiger partial charge in [-0.1, -0.05) is 36.4 Å². The minimum atomic E-state index is -0.208. The van der Waals surface area contributed by atoms with Crippen molar-refractivity contribution in [3.8, 4) is 22.8 Å². The van der Waals surface area contributed by atoms with E-state index in [1.807, 2.05) is 55.5 Å². The van der Waals surface area contributed by atoms with Crippen molar-refractivity contribution in [2.45, 2.75) is 13.0 Å². The highest BCUT2D eigenvalue weighted by Gasteiger charge is 2.18. The molecule has 1 aliphatic rings. The minimum Gasteiger partial charge on any atom is -0.454 e. The molecule has 1 amide bonds. The van der Waals surface area contributed by atoms with Gasteiger partial charge >= 0.3 is 0 Å². The summed E-state index contributed by atoms with van der Waals surface area (Å²) in [6, 6.07) is 16.9. The average molecular weight is 335 g/mol. The summed E-state index contributed by atoms with van der Waals surface area (Å²) in [4.78, 5) is 12.5. The molecule has 4 rings (SSSR count). The van der Waals surface area contributed by atoms with Crippen LogP contribution in [0.4, 0.5) is 0 Å². The van der Waals surface area contributed by atoms with Crippen molar-refractivity contribution in [1.82, 2.24) is 15.5 Å². The fourth-order valence-corrected chi connectivity index (χ4v) is 2.74. The van der Waals surface area contributed by atoms with Crippen molar-refractivity contribution in [2.75, 3.05) is 6.79 Å². The Morgan fingerprint density at radius 1 is 1.12 bits per heavy atom. The van der Waals surface area contributed by atoms with E-state index in [0.29, 0.717) is 11.4 Å². The van der Waals surface area contributed by atoms with E-state index >= 15 is 0 Å². The summed E-state index contributed by atoms with van der Waals surface area (Å²) in [5.41, 5.74) is 3.06. The molecule has 25 heavy (non-hydrogen) atoms. The van der Waals surface area contributed by atoms with Gasteiger partial charge in [0.25, 0.3) is 5.91 Å². The number of hydrogen-bond donors (Lipinski definition) is 2. The number of benzene rings is 2. The summed E-state index contributed by atoms with van der Waals surface area (Å²) >= 11 is 0. The second kappa shape index (κ2) is 6.32. The van der Waals surface area contributed by atoms with Crippen LogP contribution in [0.25, 0.3) is 11.3 Å². The Hall–Kier alpha value is -3.28. The predicted octanol–water partition coefficient (Wildman–Crippen LogP) is 3.30. The summed E-state index contributed by atoms with van der Waals surface area (Å²) in [6.07, 6.45) is 0. The van der Waals surface area contributed by atoms with Crippen LogP contribution in [0.3, 0.4) is 0 Å². The number of H-pyrrole nitrogens is 1. The molecule has 0 fully saturated rings. The highest BCUT2D eigenvalue weighted by Crippen LogP contribution is 2.34. The molecule has 0 radical (unpaired) electrons. The third-order valence-electron chi connectivity index (χ3n) is 4.14. The Kier molecular flexibility index (Phi) is 3.85. The SMILES string of the molecule is CC(NC(=O)c1cc(-c2ccccc2)n[nH]1)c1ccc2c(c1)OCO2. The van der Waals surface area contributed by atoms with Crippen molar-refractivity contribution in [1.29, 1.82) is 0 Å². The Morgan fingerprint density at radius 2 is 1.92 bits per heavy atom. The number of rotatable bonds is 4. The molecule has 3 aromatic rings. The van der Waals surface area contributed by atoms with Crippen LogP contribution in [0.15, 0.2) is 54.6 Å². The van der Waals surface area contributed by atoms with Crippen LogP contribution in [0, 0.1) is 0 Å². The van der Waals surface area contributed by atoms with Crippen molar-refractivity contribution in [3.05, 3.63) is 65.9 Å². The topological polar surface area (TPSA) is 76.2 Å². The fraction of sp³-hybridized carbons (Fsp3) is 0.158. The lowest BCUT2D eigenvalue weighted by Gasteiger charge is -2.14. The van der Waals surface area contributed by atoms with Gasteiger partial charge in [-0.15, -0.1) is 0 Å². The van der Waals surface area contributed by atoms with E-state index in [2.05, 4.69) is 15.5 Å². The van der Waals surface area contributed by atoms with Gasteiger partial charge in [0.1, 0.15) is 5.69 Å². The molecule has 1 unspecified atom stereocenters. The zero-order chi connectivity index (χ0) is 17.2. The van der Waals surface area contributed by atoms with Crippen LogP contribution in [0.1, 0.15) is 29.0 Å². The van der Waals surface area contributed by atoms with E-state index in [4.69, 9.17) is 9.47 Å². The second-order valence-corrected chi connectivity index (χ2v) is 5.84. The van der Waals surface area contributed by atoms with Gasteiger partial charge in [0.05, 0.1) is 11.7 Å². The molecule has 126 valence electrons. The number of aromatic nitrogens is 2. The standard InChI is InChI=1S/C19H17N3O3/c1-12(14-7-8-17-18(9-14)25-11-24-17)20-19(23)16-10-15(21-22-16)13-5-3-2-4-6-13/h2-10,12H,11H2,1H3,(H,20,23)(H,21,22). The van der Waals surface area contributed by atoms with Gasteiger partial charge in [-0.25, -0.2) is 0 Å². The van der Waals surface area contributed by atoms with Crippen molar-refractivity contribution in [3.63, 3.8) is 0 Å². The van der Waals surface area contributed by atoms with Crippen LogP contribution >= 0.6 is 0 Å². The number of fused-ring (bicyclic) bond motifs is 1. The van der Waals surface area contributed by atoms with E-state index < -0.39 is 0 Å². The van der Waals surface area contributed by atoms with E-state index in [1.54, 1.807) is 6.07 Å². The largest absolute Gasteiger partial charge is 0.454 e. The number of carbonyl (C=O) groups is 1. The smallest absolute Gasteiger partial charge is 0.269 e. The molecule has 0 aliphatic carbocycles. The first-order valence-electron chi connectivity index (χ1n) is 8.02.